The molecule has 0 atom stereocenters. The highest BCUT2D eigenvalue weighted by Crippen LogP contribution is 2.33. The van der Waals surface area contributed by atoms with Crippen LogP contribution in [-0.4, -0.2) is 14.5 Å². The molecule has 4 aromatic rings. The molecule has 3 nitrogen and oxygen atoms in total. The van der Waals surface area contributed by atoms with E-state index in [4.69, 9.17) is 0 Å². The summed E-state index contributed by atoms with van der Waals surface area (Å²) in [6.45, 7) is 3.88. The van der Waals surface area contributed by atoms with Crippen LogP contribution in [0.3, 0.4) is 0 Å². The van der Waals surface area contributed by atoms with Crippen LogP contribution in [0.25, 0.3) is 27.8 Å². The second kappa shape index (κ2) is 5.57. The number of halogens is 1. The Labute approximate surface area is 139 Å². The molecule has 0 spiro atoms. The fourth-order valence-corrected chi connectivity index (χ4v) is 3.02. The smallest absolute Gasteiger partial charge is 0.174 e. The van der Waals surface area contributed by atoms with Crippen LogP contribution in [0.4, 0.5) is 4.39 Å². The van der Waals surface area contributed by atoms with Crippen molar-refractivity contribution >= 4 is 10.9 Å². The van der Waals surface area contributed by atoms with Gasteiger partial charge in [0.15, 0.2) is 5.82 Å². The summed E-state index contributed by atoms with van der Waals surface area (Å²) in [4.78, 5) is 8.74. The summed E-state index contributed by atoms with van der Waals surface area (Å²) in [5.41, 5.74) is 4.30. The molecule has 2 aromatic heterocycles. The van der Waals surface area contributed by atoms with E-state index in [1.54, 1.807) is 17.1 Å². The quantitative estimate of drug-likeness (QED) is 0.529. The minimum Gasteiger partial charge on any atom is -0.300 e. The number of benzene rings is 2. The number of rotatable bonds is 2. The molecule has 0 N–H and O–H groups in total. The largest absolute Gasteiger partial charge is 0.300 e. The summed E-state index contributed by atoms with van der Waals surface area (Å²) in [7, 11) is 0. The molecule has 0 aliphatic rings. The highest BCUT2D eigenvalue weighted by atomic mass is 19.1. The summed E-state index contributed by atoms with van der Waals surface area (Å²) in [5.74, 6) is -0.330. The van der Waals surface area contributed by atoms with Crippen LogP contribution in [-0.2, 0) is 0 Å². The fraction of sp³-hybridized carbons (Fsp3) is 0.100. The number of nitrogens with zero attached hydrogens (tertiary/aromatic N) is 3. The zero-order chi connectivity index (χ0) is 16.7. The van der Waals surface area contributed by atoms with Crippen molar-refractivity contribution in [2.45, 2.75) is 13.8 Å². The number of hydrogen-bond acceptors (Lipinski definition) is 2. The number of aryl methyl sites for hydroxylation is 2. The molecular weight excluding hydrogens is 301 g/mol. The van der Waals surface area contributed by atoms with Crippen molar-refractivity contribution in [3.63, 3.8) is 0 Å². The Kier molecular flexibility index (Phi) is 3.38. The van der Waals surface area contributed by atoms with Gasteiger partial charge in [-0.15, -0.1) is 0 Å². The molecule has 0 aliphatic heterocycles. The maximum atomic E-state index is 15.5. The number of pyridine rings is 1. The average molecular weight is 317 g/mol. The number of imidazole rings is 1. The molecule has 0 unspecified atom stereocenters. The summed E-state index contributed by atoms with van der Waals surface area (Å²) < 4.78 is 17.3. The lowest BCUT2D eigenvalue weighted by Gasteiger charge is -2.15. The molecule has 0 fully saturated rings. The molecule has 2 aromatic carbocycles. The number of para-hydroxylation sites is 1. The van der Waals surface area contributed by atoms with Gasteiger partial charge in [0.25, 0.3) is 0 Å². The van der Waals surface area contributed by atoms with Crippen LogP contribution >= 0.6 is 0 Å². The molecule has 0 radical (unpaired) electrons. The zero-order valence-electron chi connectivity index (χ0n) is 13.5. The highest BCUT2D eigenvalue weighted by Gasteiger charge is 2.19. The highest BCUT2D eigenvalue weighted by molar-refractivity contribution is 5.90. The Morgan fingerprint density at radius 1 is 0.958 bits per heavy atom. The fourth-order valence-electron chi connectivity index (χ4n) is 3.02. The molecule has 0 amide bonds. The molecular formula is C20H16FN3. The van der Waals surface area contributed by atoms with Gasteiger partial charge in [-0.1, -0.05) is 42.5 Å². The van der Waals surface area contributed by atoms with E-state index in [0.29, 0.717) is 11.4 Å². The Bertz CT molecular complexity index is 1050. The molecule has 0 saturated heterocycles. The third-order valence-corrected chi connectivity index (χ3v) is 4.27. The van der Waals surface area contributed by atoms with E-state index >= 15 is 4.39 Å². The minimum absolute atomic E-state index is 0.330. The predicted molar refractivity (Wildman–Crippen MR) is 93.7 cm³/mol. The van der Waals surface area contributed by atoms with Crippen LogP contribution < -0.4 is 0 Å². The van der Waals surface area contributed by atoms with Crippen molar-refractivity contribution in [1.82, 2.24) is 14.5 Å². The van der Waals surface area contributed by atoms with Crippen molar-refractivity contribution in [3.8, 4) is 16.9 Å². The Hall–Kier alpha value is -3.01. The van der Waals surface area contributed by atoms with Gasteiger partial charge in [-0.3, -0.25) is 4.57 Å². The van der Waals surface area contributed by atoms with Gasteiger partial charge in [0.2, 0.25) is 0 Å². The lowest BCUT2D eigenvalue weighted by atomic mass is 10.0. The standard InChI is InChI=1S/C20H16FN3/c1-13-7-3-4-8-15(13)19-18(21)20(24-12-22-11-14(24)2)16-9-5-6-10-17(16)23-19/h3-12H,1-2H3. The van der Waals surface area contributed by atoms with Crippen LogP contribution in [0.15, 0.2) is 61.1 Å². The van der Waals surface area contributed by atoms with Crippen LogP contribution in [0, 0.1) is 19.7 Å². The van der Waals surface area contributed by atoms with E-state index in [-0.39, 0.29) is 5.82 Å². The molecule has 118 valence electrons. The van der Waals surface area contributed by atoms with Gasteiger partial charge in [-0.25, -0.2) is 14.4 Å². The monoisotopic (exact) mass is 317 g/mol. The Morgan fingerprint density at radius 2 is 1.71 bits per heavy atom. The van der Waals surface area contributed by atoms with Gasteiger partial charge in [0.1, 0.15) is 5.69 Å². The van der Waals surface area contributed by atoms with E-state index in [2.05, 4.69) is 9.97 Å². The van der Waals surface area contributed by atoms with Gasteiger partial charge >= 0.3 is 0 Å². The van der Waals surface area contributed by atoms with Gasteiger partial charge in [0, 0.05) is 22.8 Å². The SMILES string of the molecule is Cc1ccccc1-c1nc2ccccc2c(-n2cncc2C)c1F. The van der Waals surface area contributed by atoms with Crippen molar-refractivity contribution in [2.24, 2.45) is 0 Å². The third kappa shape index (κ3) is 2.19. The predicted octanol–water partition coefficient (Wildman–Crippen LogP) is 4.84. The van der Waals surface area contributed by atoms with E-state index in [1.807, 2.05) is 62.4 Å². The molecule has 2 heterocycles. The molecule has 24 heavy (non-hydrogen) atoms. The van der Waals surface area contributed by atoms with E-state index in [1.165, 1.54) is 0 Å². The second-order valence-corrected chi connectivity index (χ2v) is 5.86. The molecule has 0 aliphatic carbocycles. The van der Waals surface area contributed by atoms with Crippen molar-refractivity contribution in [1.29, 1.82) is 0 Å². The van der Waals surface area contributed by atoms with Gasteiger partial charge in [0.05, 0.1) is 17.5 Å². The van der Waals surface area contributed by atoms with Crippen molar-refractivity contribution in [2.75, 3.05) is 0 Å². The normalized spacial score (nSPS) is 11.1. The number of aromatic nitrogens is 3. The Balaban J connectivity index is 2.13. The first-order valence-corrected chi connectivity index (χ1v) is 7.80. The maximum Gasteiger partial charge on any atom is 0.174 e. The first-order chi connectivity index (χ1) is 11.7. The van der Waals surface area contributed by atoms with Gasteiger partial charge < -0.3 is 0 Å². The minimum atomic E-state index is -0.330. The molecule has 0 saturated carbocycles. The summed E-state index contributed by atoms with van der Waals surface area (Å²) in [6, 6.07) is 15.3. The molecule has 0 bridgehead atoms. The zero-order valence-corrected chi connectivity index (χ0v) is 13.5. The van der Waals surface area contributed by atoms with E-state index in [9.17, 15) is 0 Å². The van der Waals surface area contributed by atoms with Crippen LogP contribution in [0.5, 0.6) is 0 Å². The third-order valence-electron chi connectivity index (χ3n) is 4.27. The molecule has 4 heteroatoms. The number of hydrogen-bond donors (Lipinski definition) is 0. The average Bonchev–Trinajstić information content (AvgIpc) is 3.01. The van der Waals surface area contributed by atoms with Crippen LogP contribution in [0.1, 0.15) is 11.3 Å². The first kappa shape index (κ1) is 14.6. The van der Waals surface area contributed by atoms with Gasteiger partial charge in [-0.05, 0) is 25.5 Å². The van der Waals surface area contributed by atoms with Gasteiger partial charge in [-0.2, -0.15) is 0 Å². The van der Waals surface area contributed by atoms with E-state index in [0.717, 1.165) is 27.7 Å². The number of fused-ring (bicyclic) bond motifs is 1. The van der Waals surface area contributed by atoms with Crippen LogP contribution in [0.2, 0.25) is 0 Å². The first-order valence-electron chi connectivity index (χ1n) is 7.80. The topological polar surface area (TPSA) is 30.7 Å². The lowest BCUT2D eigenvalue weighted by Crippen LogP contribution is -2.04. The molecule has 4 rings (SSSR count). The van der Waals surface area contributed by atoms with Crippen molar-refractivity contribution < 1.29 is 4.39 Å². The Morgan fingerprint density at radius 3 is 2.46 bits per heavy atom. The summed E-state index contributed by atoms with van der Waals surface area (Å²) in [5, 5.41) is 0.772. The second-order valence-electron chi connectivity index (χ2n) is 5.86. The summed E-state index contributed by atoms with van der Waals surface area (Å²) in [6.07, 6.45) is 3.36. The van der Waals surface area contributed by atoms with E-state index < -0.39 is 0 Å². The van der Waals surface area contributed by atoms with Crippen molar-refractivity contribution in [3.05, 3.63) is 78.1 Å². The summed E-state index contributed by atoms with van der Waals surface area (Å²) >= 11 is 0. The lowest BCUT2D eigenvalue weighted by molar-refractivity contribution is 0.618. The maximum absolute atomic E-state index is 15.5.